The Morgan fingerprint density at radius 3 is 2.59 bits per heavy atom. The molecule has 1 aromatic carbocycles. The molecule has 1 aromatic heterocycles. The predicted octanol–water partition coefficient (Wildman–Crippen LogP) is 4.42. The number of ketones is 1. The van der Waals surface area contributed by atoms with Crippen LogP contribution in [0.15, 0.2) is 41.8 Å². The van der Waals surface area contributed by atoms with Crippen molar-refractivity contribution in [3.63, 3.8) is 0 Å². The Labute approximate surface area is 177 Å². The molecule has 0 radical (unpaired) electrons. The summed E-state index contributed by atoms with van der Waals surface area (Å²) in [7, 11) is -3.62. The summed E-state index contributed by atoms with van der Waals surface area (Å²) >= 11 is 1.70. The Hall–Kier alpha value is -1.50. The molecule has 0 spiro atoms. The lowest BCUT2D eigenvalue weighted by molar-refractivity contribution is -0.128. The first-order chi connectivity index (χ1) is 13.8. The molecule has 1 aliphatic heterocycles. The lowest BCUT2D eigenvalue weighted by Gasteiger charge is -2.40. The van der Waals surface area contributed by atoms with Crippen LogP contribution in [-0.2, 0) is 21.2 Å². The Bertz CT molecular complexity index is 1060. The SMILES string of the molecule is CC1(C)[C@H]2CC[C@@]1(CS(=O)(=O)N1CCc3sccc3[C@@H]1c1ccccc1)C(=O)C2. The molecular weight excluding hydrogens is 402 g/mol. The van der Waals surface area contributed by atoms with Gasteiger partial charge >= 0.3 is 0 Å². The highest BCUT2D eigenvalue weighted by molar-refractivity contribution is 7.89. The van der Waals surface area contributed by atoms with Crippen molar-refractivity contribution in [2.75, 3.05) is 12.3 Å². The number of sulfonamides is 1. The zero-order valence-corrected chi connectivity index (χ0v) is 18.6. The van der Waals surface area contributed by atoms with Crippen molar-refractivity contribution < 1.29 is 13.2 Å². The van der Waals surface area contributed by atoms with E-state index in [1.165, 1.54) is 4.88 Å². The van der Waals surface area contributed by atoms with Crippen LogP contribution in [-0.4, -0.2) is 30.8 Å². The third-order valence-electron chi connectivity index (χ3n) is 7.96. The van der Waals surface area contributed by atoms with Gasteiger partial charge in [-0.2, -0.15) is 4.31 Å². The van der Waals surface area contributed by atoms with Gasteiger partial charge in [-0.1, -0.05) is 44.2 Å². The van der Waals surface area contributed by atoms with Gasteiger partial charge in [0.15, 0.2) is 0 Å². The summed E-state index contributed by atoms with van der Waals surface area (Å²) in [6.45, 7) is 4.68. The van der Waals surface area contributed by atoms with Crippen molar-refractivity contribution in [2.45, 2.75) is 45.6 Å². The van der Waals surface area contributed by atoms with Gasteiger partial charge in [0, 0.05) is 23.3 Å². The predicted molar refractivity (Wildman–Crippen MR) is 115 cm³/mol. The number of hydrogen-bond donors (Lipinski definition) is 0. The fraction of sp³-hybridized carbons (Fsp3) is 0.522. The van der Waals surface area contributed by atoms with Gasteiger partial charge in [-0.25, -0.2) is 8.42 Å². The van der Waals surface area contributed by atoms with E-state index in [0.717, 1.165) is 24.0 Å². The van der Waals surface area contributed by atoms with Crippen LogP contribution in [0.5, 0.6) is 0 Å². The number of rotatable bonds is 4. The van der Waals surface area contributed by atoms with E-state index in [1.807, 2.05) is 30.3 Å². The largest absolute Gasteiger partial charge is 0.299 e. The van der Waals surface area contributed by atoms with Crippen molar-refractivity contribution in [3.05, 3.63) is 57.8 Å². The first kappa shape index (κ1) is 19.5. The van der Waals surface area contributed by atoms with Crippen LogP contribution in [0.3, 0.4) is 0 Å². The van der Waals surface area contributed by atoms with E-state index >= 15 is 0 Å². The third-order valence-corrected chi connectivity index (χ3v) is 10.9. The molecule has 2 saturated carbocycles. The highest BCUT2D eigenvalue weighted by atomic mass is 32.2. The van der Waals surface area contributed by atoms with Gasteiger partial charge in [-0.05, 0) is 53.2 Å². The molecule has 4 nitrogen and oxygen atoms in total. The number of fused-ring (bicyclic) bond motifs is 3. The number of hydrogen-bond acceptors (Lipinski definition) is 4. The monoisotopic (exact) mass is 429 g/mol. The van der Waals surface area contributed by atoms with E-state index in [1.54, 1.807) is 15.6 Å². The smallest absolute Gasteiger partial charge is 0.215 e. The topological polar surface area (TPSA) is 54.5 Å². The van der Waals surface area contributed by atoms with Crippen molar-refractivity contribution in [1.82, 2.24) is 4.31 Å². The minimum atomic E-state index is -3.62. The summed E-state index contributed by atoms with van der Waals surface area (Å²) in [5, 5.41) is 2.06. The molecule has 2 aromatic rings. The van der Waals surface area contributed by atoms with Gasteiger partial charge in [0.05, 0.1) is 11.8 Å². The number of nitrogens with zero attached hydrogens (tertiary/aromatic N) is 1. The van der Waals surface area contributed by atoms with Gasteiger partial charge in [0.1, 0.15) is 5.78 Å². The molecule has 0 N–H and O–H groups in total. The number of thiophene rings is 1. The highest BCUT2D eigenvalue weighted by Gasteiger charge is 2.65. The molecule has 2 bridgehead atoms. The van der Waals surface area contributed by atoms with Crippen molar-refractivity contribution in [2.24, 2.45) is 16.7 Å². The van der Waals surface area contributed by atoms with E-state index in [9.17, 15) is 13.2 Å². The maximum atomic E-state index is 13.9. The Morgan fingerprint density at radius 2 is 1.93 bits per heavy atom. The molecular formula is C23H27NO3S2. The fourth-order valence-electron chi connectivity index (χ4n) is 6.08. The molecule has 0 amide bonds. The summed E-state index contributed by atoms with van der Waals surface area (Å²) in [5.74, 6) is 0.428. The van der Waals surface area contributed by atoms with E-state index in [-0.39, 0.29) is 23.0 Å². The zero-order chi connectivity index (χ0) is 20.4. The van der Waals surface area contributed by atoms with Gasteiger partial charge in [-0.3, -0.25) is 4.79 Å². The zero-order valence-electron chi connectivity index (χ0n) is 16.9. The molecule has 3 atom stereocenters. The maximum absolute atomic E-state index is 13.9. The van der Waals surface area contributed by atoms with Crippen LogP contribution < -0.4 is 0 Å². The van der Waals surface area contributed by atoms with Gasteiger partial charge in [0.2, 0.25) is 10.0 Å². The molecule has 0 saturated heterocycles. The molecule has 29 heavy (non-hydrogen) atoms. The summed E-state index contributed by atoms with van der Waals surface area (Å²) in [6.07, 6.45) is 2.95. The van der Waals surface area contributed by atoms with E-state index in [0.29, 0.717) is 25.3 Å². The summed E-state index contributed by atoms with van der Waals surface area (Å²) < 4.78 is 29.4. The second-order valence-electron chi connectivity index (χ2n) is 9.40. The highest BCUT2D eigenvalue weighted by Crippen LogP contribution is 2.64. The van der Waals surface area contributed by atoms with Crippen LogP contribution in [0.25, 0.3) is 0 Å². The molecule has 3 aliphatic rings. The Morgan fingerprint density at radius 1 is 1.17 bits per heavy atom. The number of Topliss-reactive ketones (excluding diaryl/α,β-unsaturated/α-hetero) is 1. The summed E-state index contributed by atoms with van der Waals surface area (Å²) in [4.78, 5) is 14.2. The standard InChI is InChI=1S/C23H27NO3S2/c1-22(2)17-8-11-23(22,20(25)14-17)15-29(26,27)24-12-9-19-18(10-13-28-19)21(24)16-6-4-3-5-7-16/h3-7,10,13,17,21H,8-9,11-12,14-15H2,1-2H3/t17-,21-,23+/m0/s1. The quantitative estimate of drug-likeness (QED) is 0.723. The molecule has 6 heteroatoms. The van der Waals surface area contributed by atoms with Crippen LogP contribution in [0.1, 0.15) is 55.2 Å². The minimum absolute atomic E-state index is 0.0505. The van der Waals surface area contributed by atoms with Crippen molar-refractivity contribution >= 4 is 27.1 Å². The Balaban J connectivity index is 1.56. The molecule has 5 rings (SSSR count). The van der Waals surface area contributed by atoms with Gasteiger partial charge in [0.25, 0.3) is 0 Å². The van der Waals surface area contributed by atoms with Crippen molar-refractivity contribution in [3.8, 4) is 0 Å². The average Bonchev–Trinajstić information content (AvgIpc) is 3.30. The second-order valence-corrected chi connectivity index (χ2v) is 12.3. The normalized spacial score (nSPS) is 31.2. The molecule has 2 aliphatic carbocycles. The van der Waals surface area contributed by atoms with Crippen LogP contribution in [0, 0.1) is 16.7 Å². The van der Waals surface area contributed by atoms with Crippen molar-refractivity contribution in [1.29, 1.82) is 0 Å². The van der Waals surface area contributed by atoms with E-state index in [2.05, 4.69) is 25.3 Å². The third kappa shape index (κ3) is 2.72. The second kappa shape index (κ2) is 6.50. The Kier molecular flexibility index (Phi) is 4.36. The number of carbonyl (C=O) groups is 1. The minimum Gasteiger partial charge on any atom is -0.299 e. The lowest BCUT2D eigenvalue weighted by atomic mass is 9.70. The van der Waals surface area contributed by atoms with Gasteiger partial charge in [-0.15, -0.1) is 11.3 Å². The van der Waals surface area contributed by atoms with Crippen LogP contribution in [0.4, 0.5) is 0 Å². The lowest BCUT2D eigenvalue weighted by Crippen LogP contribution is -2.49. The van der Waals surface area contributed by atoms with Gasteiger partial charge < -0.3 is 0 Å². The molecule has 2 heterocycles. The fourth-order valence-corrected chi connectivity index (χ4v) is 9.37. The van der Waals surface area contributed by atoms with Crippen LogP contribution >= 0.6 is 11.3 Å². The maximum Gasteiger partial charge on any atom is 0.215 e. The average molecular weight is 430 g/mol. The van der Waals surface area contributed by atoms with E-state index in [4.69, 9.17) is 0 Å². The molecule has 0 unspecified atom stereocenters. The van der Waals surface area contributed by atoms with Crippen LogP contribution in [0.2, 0.25) is 0 Å². The number of benzene rings is 1. The number of carbonyl (C=O) groups excluding carboxylic acids is 1. The first-order valence-electron chi connectivity index (χ1n) is 10.4. The molecule has 154 valence electrons. The summed E-state index contributed by atoms with van der Waals surface area (Å²) in [5.41, 5.74) is 1.11. The molecule has 2 fully saturated rings. The first-order valence-corrected chi connectivity index (χ1v) is 12.9. The summed E-state index contributed by atoms with van der Waals surface area (Å²) in [6, 6.07) is 11.7. The van der Waals surface area contributed by atoms with E-state index < -0.39 is 15.4 Å².